The van der Waals surface area contributed by atoms with Gasteiger partial charge in [0.2, 0.25) is 3.79 Å². The molecule has 0 saturated heterocycles. The molecule has 0 aromatic heterocycles. The summed E-state index contributed by atoms with van der Waals surface area (Å²) in [7, 11) is 0. The van der Waals surface area contributed by atoms with Gasteiger partial charge < -0.3 is 5.32 Å². The summed E-state index contributed by atoms with van der Waals surface area (Å²) >= 11 is 21.2. The number of rotatable bonds is 2. The standard InChI is InChI=1S/C9H6Cl3N3O2S/c10-9(11,12)5-13-8(18)14-6-1-3-7(4-2-6)15(16)17/h1-5H,(H,14,18). The molecule has 0 aliphatic rings. The molecule has 9 heteroatoms. The zero-order chi connectivity index (χ0) is 13.8. The Balaban J connectivity index is 2.65. The molecule has 0 radical (unpaired) electrons. The first-order chi connectivity index (χ1) is 8.28. The maximum atomic E-state index is 10.4. The lowest BCUT2D eigenvalue weighted by molar-refractivity contribution is -0.384. The van der Waals surface area contributed by atoms with Gasteiger partial charge >= 0.3 is 0 Å². The zero-order valence-corrected chi connectivity index (χ0v) is 11.7. The lowest BCUT2D eigenvalue weighted by atomic mass is 10.3. The molecule has 0 aliphatic carbocycles. The SMILES string of the molecule is O=[N+]([O-])c1ccc(NC(=S)N=CC(Cl)(Cl)Cl)cc1. The van der Waals surface area contributed by atoms with Gasteiger partial charge in [-0.2, -0.15) is 0 Å². The van der Waals surface area contributed by atoms with Crippen molar-refractivity contribution in [2.24, 2.45) is 4.99 Å². The van der Waals surface area contributed by atoms with Gasteiger partial charge in [-0.05, 0) is 24.4 Å². The Bertz CT molecular complexity index is 485. The van der Waals surface area contributed by atoms with E-state index >= 15 is 0 Å². The first kappa shape index (κ1) is 15.1. The monoisotopic (exact) mass is 325 g/mol. The Morgan fingerprint density at radius 2 is 1.94 bits per heavy atom. The van der Waals surface area contributed by atoms with Gasteiger partial charge in [0.15, 0.2) is 5.11 Å². The molecule has 0 aliphatic heterocycles. The molecule has 0 atom stereocenters. The number of nitrogens with zero attached hydrogens (tertiary/aromatic N) is 2. The minimum atomic E-state index is -1.62. The second-order valence-electron chi connectivity index (χ2n) is 3.03. The van der Waals surface area contributed by atoms with Gasteiger partial charge in [-0.25, -0.2) is 4.99 Å². The molecule has 0 amide bonds. The van der Waals surface area contributed by atoms with Crippen LogP contribution in [-0.4, -0.2) is 20.0 Å². The van der Waals surface area contributed by atoms with E-state index in [4.69, 9.17) is 47.0 Å². The third-order valence-corrected chi connectivity index (χ3v) is 2.16. The molecule has 1 aromatic rings. The summed E-state index contributed by atoms with van der Waals surface area (Å²) in [5, 5.41) is 13.2. The van der Waals surface area contributed by atoms with Gasteiger partial charge in [-0.3, -0.25) is 10.1 Å². The van der Waals surface area contributed by atoms with Crippen LogP contribution in [0.15, 0.2) is 29.3 Å². The van der Waals surface area contributed by atoms with E-state index in [1.807, 2.05) is 0 Å². The van der Waals surface area contributed by atoms with E-state index in [1.165, 1.54) is 24.3 Å². The van der Waals surface area contributed by atoms with Crippen LogP contribution >= 0.6 is 47.0 Å². The summed E-state index contributed by atoms with van der Waals surface area (Å²) in [5.74, 6) is 0. The number of nitrogens with one attached hydrogen (secondary N) is 1. The number of alkyl halides is 3. The van der Waals surface area contributed by atoms with Crippen LogP contribution in [0.5, 0.6) is 0 Å². The molecule has 0 unspecified atom stereocenters. The number of hydrogen-bond donors (Lipinski definition) is 1. The fourth-order valence-electron chi connectivity index (χ4n) is 0.954. The Morgan fingerprint density at radius 3 is 2.39 bits per heavy atom. The first-order valence-electron chi connectivity index (χ1n) is 4.45. The average molecular weight is 327 g/mol. The minimum absolute atomic E-state index is 0.0174. The molecule has 1 rings (SSSR count). The quantitative estimate of drug-likeness (QED) is 0.296. The highest BCUT2D eigenvalue weighted by atomic mass is 35.6. The predicted octanol–water partition coefficient (Wildman–Crippen LogP) is 3.73. The van der Waals surface area contributed by atoms with Crippen LogP contribution in [0, 0.1) is 10.1 Å². The number of benzene rings is 1. The summed E-state index contributed by atoms with van der Waals surface area (Å²) < 4.78 is -1.62. The predicted molar refractivity (Wildman–Crippen MR) is 78.1 cm³/mol. The highest BCUT2D eigenvalue weighted by Crippen LogP contribution is 2.23. The average Bonchev–Trinajstić information content (AvgIpc) is 2.26. The molecule has 1 N–H and O–H groups in total. The molecule has 0 spiro atoms. The number of aliphatic imine (C=N–C) groups is 1. The Morgan fingerprint density at radius 1 is 1.39 bits per heavy atom. The minimum Gasteiger partial charge on any atom is -0.331 e. The van der Waals surface area contributed by atoms with Crippen molar-refractivity contribution in [1.82, 2.24) is 0 Å². The fourth-order valence-corrected chi connectivity index (χ4v) is 1.27. The first-order valence-corrected chi connectivity index (χ1v) is 5.99. The Labute approximate surface area is 123 Å². The molecular weight excluding hydrogens is 321 g/mol. The van der Waals surface area contributed by atoms with Crippen LogP contribution in [0.3, 0.4) is 0 Å². The van der Waals surface area contributed by atoms with Crippen molar-refractivity contribution in [3.05, 3.63) is 34.4 Å². The largest absolute Gasteiger partial charge is 0.331 e. The summed E-state index contributed by atoms with van der Waals surface area (Å²) in [4.78, 5) is 13.7. The van der Waals surface area contributed by atoms with Crippen LogP contribution in [0.4, 0.5) is 11.4 Å². The van der Waals surface area contributed by atoms with Gasteiger partial charge in [0.05, 0.1) is 11.1 Å². The third-order valence-electron chi connectivity index (χ3n) is 1.66. The highest BCUT2D eigenvalue weighted by molar-refractivity contribution is 7.80. The van der Waals surface area contributed by atoms with Crippen molar-refractivity contribution in [2.45, 2.75) is 3.79 Å². The van der Waals surface area contributed by atoms with E-state index < -0.39 is 8.72 Å². The van der Waals surface area contributed by atoms with E-state index in [2.05, 4.69) is 10.3 Å². The summed E-state index contributed by atoms with van der Waals surface area (Å²) in [6.45, 7) is 0. The summed E-state index contributed by atoms with van der Waals surface area (Å²) in [6.07, 6.45) is 1.05. The molecule has 18 heavy (non-hydrogen) atoms. The van der Waals surface area contributed by atoms with Gasteiger partial charge in [-0.15, -0.1) is 0 Å². The summed E-state index contributed by atoms with van der Waals surface area (Å²) in [6, 6.07) is 5.66. The number of hydrogen-bond acceptors (Lipinski definition) is 3. The number of thiocarbonyl (C=S) groups is 1. The van der Waals surface area contributed by atoms with Crippen molar-refractivity contribution in [1.29, 1.82) is 0 Å². The summed E-state index contributed by atoms with van der Waals surface area (Å²) in [5.41, 5.74) is 0.531. The van der Waals surface area contributed by atoms with Gasteiger partial charge in [0.25, 0.3) is 5.69 Å². The van der Waals surface area contributed by atoms with Gasteiger partial charge in [-0.1, -0.05) is 34.8 Å². The van der Waals surface area contributed by atoms with Crippen molar-refractivity contribution >= 4 is 69.7 Å². The maximum absolute atomic E-state index is 10.4. The van der Waals surface area contributed by atoms with Crippen LogP contribution in [-0.2, 0) is 0 Å². The van der Waals surface area contributed by atoms with Gasteiger partial charge in [0.1, 0.15) is 0 Å². The Kier molecular flexibility index (Phi) is 5.28. The van der Waals surface area contributed by atoms with E-state index in [-0.39, 0.29) is 10.8 Å². The zero-order valence-electron chi connectivity index (χ0n) is 8.64. The lowest BCUT2D eigenvalue weighted by Crippen LogP contribution is -2.10. The topological polar surface area (TPSA) is 67.5 Å². The van der Waals surface area contributed by atoms with Crippen molar-refractivity contribution < 1.29 is 4.92 Å². The molecule has 1 aromatic carbocycles. The number of nitro groups is 1. The molecule has 0 fully saturated rings. The van der Waals surface area contributed by atoms with E-state index in [0.29, 0.717) is 5.69 Å². The lowest BCUT2D eigenvalue weighted by Gasteiger charge is -2.05. The number of halogens is 3. The number of non-ortho nitro benzene ring substituents is 1. The molecule has 0 saturated carbocycles. The van der Waals surface area contributed by atoms with Crippen LogP contribution in [0.1, 0.15) is 0 Å². The van der Waals surface area contributed by atoms with Crippen molar-refractivity contribution in [2.75, 3.05) is 5.32 Å². The molecule has 0 heterocycles. The third kappa shape index (κ3) is 5.59. The van der Waals surface area contributed by atoms with E-state index in [1.54, 1.807) is 0 Å². The number of nitro benzene ring substituents is 1. The fraction of sp³-hybridized carbons (Fsp3) is 0.111. The molecular formula is C9H6Cl3N3O2S. The molecule has 5 nitrogen and oxygen atoms in total. The Hall–Kier alpha value is -0.950. The van der Waals surface area contributed by atoms with E-state index in [0.717, 1.165) is 6.21 Å². The van der Waals surface area contributed by atoms with E-state index in [9.17, 15) is 10.1 Å². The van der Waals surface area contributed by atoms with Crippen LogP contribution in [0.25, 0.3) is 0 Å². The highest BCUT2D eigenvalue weighted by Gasteiger charge is 2.15. The molecule has 0 bridgehead atoms. The second-order valence-corrected chi connectivity index (χ2v) is 5.79. The maximum Gasteiger partial charge on any atom is 0.269 e. The van der Waals surface area contributed by atoms with Gasteiger partial charge in [0, 0.05) is 17.8 Å². The number of anilines is 1. The molecule has 96 valence electrons. The van der Waals surface area contributed by atoms with Crippen LogP contribution in [0.2, 0.25) is 0 Å². The van der Waals surface area contributed by atoms with Crippen molar-refractivity contribution in [3.63, 3.8) is 0 Å². The smallest absolute Gasteiger partial charge is 0.269 e. The van der Waals surface area contributed by atoms with Crippen LogP contribution < -0.4 is 5.32 Å². The van der Waals surface area contributed by atoms with Crippen molar-refractivity contribution in [3.8, 4) is 0 Å². The second kappa shape index (κ2) is 6.29. The normalized spacial score (nSPS) is 11.5.